The van der Waals surface area contributed by atoms with Crippen molar-refractivity contribution in [2.24, 2.45) is 5.73 Å². The van der Waals surface area contributed by atoms with Gasteiger partial charge in [0.25, 0.3) is 10.2 Å². The molecule has 0 aliphatic carbocycles. The summed E-state index contributed by atoms with van der Waals surface area (Å²) in [6.45, 7) is 6.99. The monoisotopic (exact) mass is 265 g/mol. The molecule has 0 heterocycles. The van der Waals surface area contributed by atoms with E-state index < -0.39 is 10.2 Å². The van der Waals surface area contributed by atoms with E-state index in [2.05, 4.69) is 4.72 Å². The molecule has 0 aromatic rings. The molecule has 0 fully saturated rings. The topological polar surface area (TPSA) is 75.4 Å². The van der Waals surface area contributed by atoms with Gasteiger partial charge in [0.1, 0.15) is 0 Å². The summed E-state index contributed by atoms with van der Waals surface area (Å²) in [6, 6.07) is 0. The van der Waals surface area contributed by atoms with Crippen LogP contribution < -0.4 is 10.5 Å². The van der Waals surface area contributed by atoms with Crippen LogP contribution >= 0.6 is 0 Å². The first-order valence-electron chi connectivity index (χ1n) is 6.32. The fourth-order valence-electron chi connectivity index (χ4n) is 1.75. The number of nitrogens with zero attached hydrogens (tertiary/aromatic N) is 1. The zero-order chi connectivity index (χ0) is 13.5. The van der Waals surface area contributed by atoms with E-state index in [0.29, 0.717) is 19.5 Å². The van der Waals surface area contributed by atoms with Crippen LogP contribution in [0.2, 0.25) is 0 Å². The summed E-state index contributed by atoms with van der Waals surface area (Å²) in [5.41, 5.74) is 5.06. The quantitative estimate of drug-likeness (QED) is 0.655. The summed E-state index contributed by atoms with van der Waals surface area (Å²) in [5, 5.41) is 0. The Morgan fingerprint density at radius 1 is 1.18 bits per heavy atom. The first-order valence-corrected chi connectivity index (χ1v) is 7.76. The predicted octanol–water partition coefficient (Wildman–Crippen LogP) is 1.07. The van der Waals surface area contributed by atoms with Gasteiger partial charge < -0.3 is 5.73 Å². The average Bonchev–Trinajstić information content (AvgIpc) is 2.33. The first-order chi connectivity index (χ1) is 7.87. The van der Waals surface area contributed by atoms with Crippen molar-refractivity contribution in [3.05, 3.63) is 0 Å². The normalized spacial score (nSPS) is 13.3. The highest BCUT2D eigenvalue weighted by atomic mass is 32.2. The molecule has 0 rings (SSSR count). The Hall–Kier alpha value is -0.170. The van der Waals surface area contributed by atoms with Gasteiger partial charge in [-0.15, -0.1) is 0 Å². The highest BCUT2D eigenvalue weighted by Gasteiger charge is 2.31. The molecular weight excluding hydrogens is 238 g/mol. The molecule has 104 valence electrons. The first kappa shape index (κ1) is 16.8. The van der Waals surface area contributed by atoms with E-state index in [4.69, 9.17) is 5.73 Å². The molecule has 0 radical (unpaired) electrons. The minimum absolute atomic E-state index is 0.324. The molecular formula is C11H27N3O2S. The van der Waals surface area contributed by atoms with Gasteiger partial charge >= 0.3 is 0 Å². The second-order valence-electron chi connectivity index (χ2n) is 4.41. The minimum atomic E-state index is -3.40. The highest BCUT2D eigenvalue weighted by molar-refractivity contribution is 7.87. The maximum Gasteiger partial charge on any atom is 0.279 e. The summed E-state index contributed by atoms with van der Waals surface area (Å²) in [5.74, 6) is 0. The largest absolute Gasteiger partial charge is 0.330 e. The molecule has 3 N–H and O–H groups in total. The van der Waals surface area contributed by atoms with Crippen LogP contribution in [0.25, 0.3) is 0 Å². The molecule has 0 amide bonds. The lowest BCUT2D eigenvalue weighted by molar-refractivity contribution is 0.327. The van der Waals surface area contributed by atoms with Gasteiger partial charge in [-0.1, -0.05) is 20.8 Å². The smallest absolute Gasteiger partial charge is 0.279 e. The van der Waals surface area contributed by atoms with Gasteiger partial charge in [-0.3, -0.25) is 0 Å². The van der Waals surface area contributed by atoms with Crippen LogP contribution in [0, 0.1) is 0 Å². The predicted molar refractivity (Wildman–Crippen MR) is 72.0 cm³/mol. The van der Waals surface area contributed by atoms with E-state index >= 15 is 0 Å². The van der Waals surface area contributed by atoms with Gasteiger partial charge in [0.05, 0.1) is 0 Å². The Labute approximate surface area is 106 Å². The summed E-state index contributed by atoms with van der Waals surface area (Å²) in [6.07, 6.45) is 3.06. The zero-order valence-electron chi connectivity index (χ0n) is 11.5. The maximum absolute atomic E-state index is 12.1. The highest BCUT2D eigenvalue weighted by Crippen LogP contribution is 2.21. The Morgan fingerprint density at radius 3 is 2.00 bits per heavy atom. The molecule has 0 atom stereocenters. The zero-order valence-corrected chi connectivity index (χ0v) is 12.3. The number of hydrogen-bond acceptors (Lipinski definition) is 3. The second-order valence-corrected chi connectivity index (χ2v) is 6.19. The van der Waals surface area contributed by atoms with Crippen LogP contribution in [0.15, 0.2) is 0 Å². The van der Waals surface area contributed by atoms with Crippen molar-refractivity contribution in [3.8, 4) is 0 Å². The standard InChI is InChI=1S/C11H27N3O2S/c1-5-11(6-2,7-3)13-17(15,16)14(4)10-8-9-12/h13H,5-10,12H2,1-4H3. The Bertz CT molecular complexity index is 292. The molecule has 17 heavy (non-hydrogen) atoms. The van der Waals surface area contributed by atoms with E-state index in [-0.39, 0.29) is 5.54 Å². The third kappa shape index (κ3) is 4.91. The summed E-state index contributed by atoms with van der Waals surface area (Å²) in [7, 11) is -1.81. The van der Waals surface area contributed by atoms with Gasteiger partial charge in [-0.2, -0.15) is 17.4 Å². The van der Waals surface area contributed by atoms with Gasteiger partial charge in [0.15, 0.2) is 0 Å². The van der Waals surface area contributed by atoms with Crippen molar-refractivity contribution in [2.45, 2.75) is 52.0 Å². The lowest BCUT2D eigenvalue weighted by atomic mass is 9.91. The van der Waals surface area contributed by atoms with Gasteiger partial charge in [0.2, 0.25) is 0 Å². The Kier molecular flexibility index (Phi) is 7.23. The SMILES string of the molecule is CCC(CC)(CC)NS(=O)(=O)N(C)CCCN. The van der Waals surface area contributed by atoms with Crippen LogP contribution in [0.3, 0.4) is 0 Å². The summed E-state index contributed by atoms with van der Waals surface area (Å²) >= 11 is 0. The summed E-state index contributed by atoms with van der Waals surface area (Å²) < 4.78 is 28.4. The number of rotatable bonds is 9. The second kappa shape index (κ2) is 7.31. The minimum Gasteiger partial charge on any atom is -0.330 e. The van der Waals surface area contributed by atoms with Gasteiger partial charge in [-0.25, -0.2) is 0 Å². The molecule has 0 aliphatic rings. The third-order valence-corrected chi connectivity index (χ3v) is 5.16. The molecule has 0 bridgehead atoms. The third-order valence-electron chi connectivity index (χ3n) is 3.46. The Balaban J connectivity index is 4.72. The molecule has 5 nitrogen and oxygen atoms in total. The van der Waals surface area contributed by atoms with Crippen molar-refractivity contribution in [1.29, 1.82) is 0 Å². The maximum atomic E-state index is 12.1. The Morgan fingerprint density at radius 2 is 1.65 bits per heavy atom. The van der Waals surface area contributed by atoms with E-state index in [1.165, 1.54) is 4.31 Å². The average molecular weight is 265 g/mol. The number of nitrogens with one attached hydrogen (secondary N) is 1. The molecule has 0 aliphatic heterocycles. The molecule has 6 heteroatoms. The van der Waals surface area contributed by atoms with Crippen LogP contribution in [-0.4, -0.2) is 38.4 Å². The van der Waals surface area contributed by atoms with Crippen molar-refractivity contribution in [1.82, 2.24) is 9.03 Å². The van der Waals surface area contributed by atoms with Crippen LogP contribution in [0.4, 0.5) is 0 Å². The number of hydrogen-bond donors (Lipinski definition) is 2. The molecule has 0 saturated carbocycles. The van der Waals surface area contributed by atoms with Gasteiger partial charge in [-0.05, 0) is 32.2 Å². The van der Waals surface area contributed by atoms with Crippen molar-refractivity contribution < 1.29 is 8.42 Å². The van der Waals surface area contributed by atoms with Crippen LogP contribution in [-0.2, 0) is 10.2 Å². The lowest BCUT2D eigenvalue weighted by Gasteiger charge is -2.33. The molecule has 0 spiro atoms. The van der Waals surface area contributed by atoms with E-state index in [1.807, 2.05) is 20.8 Å². The van der Waals surface area contributed by atoms with E-state index in [1.54, 1.807) is 7.05 Å². The molecule has 0 unspecified atom stereocenters. The van der Waals surface area contributed by atoms with Crippen LogP contribution in [0.5, 0.6) is 0 Å². The van der Waals surface area contributed by atoms with Crippen molar-refractivity contribution in [2.75, 3.05) is 20.1 Å². The fraction of sp³-hybridized carbons (Fsp3) is 1.00. The molecule has 0 aromatic carbocycles. The van der Waals surface area contributed by atoms with Crippen LogP contribution in [0.1, 0.15) is 46.5 Å². The van der Waals surface area contributed by atoms with Crippen molar-refractivity contribution in [3.63, 3.8) is 0 Å². The molecule has 0 aromatic heterocycles. The van der Waals surface area contributed by atoms with E-state index in [0.717, 1.165) is 19.3 Å². The molecule has 0 saturated heterocycles. The van der Waals surface area contributed by atoms with E-state index in [9.17, 15) is 8.42 Å². The number of nitrogens with two attached hydrogens (primary N) is 1. The van der Waals surface area contributed by atoms with Crippen molar-refractivity contribution >= 4 is 10.2 Å². The lowest BCUT2D eigenvalue weighted by Crippen LogP contribution is -2.52. The van der Waals surface area contributed by atoms with Gasteiger partial charge in [0, 0.05) is 19.1 Å². The fourth-order valence-corrected chi connectivity index (χ4v) is 3.26. The summed E-state index contributed by atoms with van der Waals surface area (Å²) in [4.78, 5) is 0.